The third-order valence-electron chi connectivity index (χ3n) is 5.68. The second-order valence-corrected chi connectivity index (χ2v) is 10.0. The Balaban J connectivity index is 1.74. The van der Waals surface area contributed by atoms with Gasteiger partial charge >= 0.3 is 0 Å². The molecule has 2 atom stereocenters. The Morgan fingerprint density at radius 3 is 2.44 bits per heavy atom. The van der Waals surface area contributed by atoms with Gasteiger partial charge in [-0.05, 0) is 26.0 Å². The lowest BCUT2D eigenvalue weighted by molar-refractivity contribution is -0.117. The molecule has 2 fully saturated rings. The van der Waals surface area contributed by atoms with Crippen molar-refractivity contribution in [3.8, 4) is 11.5 Å². The molecule has 8 nitrogen and oxygen atoms in total. The Labute approximate surface area is 187 Å². The van der Waals surface area contributed by atoms with E-state index in [0.717, 1.165) is 0 Å². The summed E-state index contributed by atoms with van der Waals surface area (Å²) in [6, 6.07) is 11.7. The van der Waals surface area contributed by atoms with Crippen molar-refractivity contribution in [2.24, 2.45) is 5.92 Å². The molecule has 2 amide bonds. The van der Waals surface area contributed by atoms with Gasteiger partial charge in [-0.25, -0.2) is 8.42 Å². The van der Waals surface area contributed by atoms with E-state index in [1.165, 1.54) is 4.90 Å². The molecule has 9 heteroatoms. The van der Waals surface area contributed by atoms with Gasteiger partial charge in [0.2, 0.25) is 5.91 Å². The van der Waals surface area contributed by atoms with E-state index < -0.39 is 15.9 Å². The number of sulfone groups is 1. The molecule has 2 aliphatic rings. The number of carbonyl (C=O) groups excluding carboxylic acids is 2. The van der Waals surface area contributed by atoms with Crippen LogP contribution in [0.3, 0.4) is 0 Å². The van der Waals surface area contributed by atoms with Crippen LogP contribution in [-0.4, -0.2) is 51.0 Å². The molecule has 0 saturated carbocycles. The van der Waals surface area contributed by atoms with Crippen LogP contribution in [0.25, 0.3) is 0 Å². The number of hydrogen-bond acceptors (Lipinski definition) is 6. The highest BCUT2D eigenvalue weighted by atomic mass is 32.2. The molecule has 1 N–H and O–H groups in total. The second kappa shape index (κ2) is 8.82. The molecule has 0 aromatic heterocycles. The zero-order valence-electron chi connectivity index (χ0n) is 18.0. The number of hydrogen-bond donors (Lipinski definition) is 1. The molecule has 2 aromatic carbocycles. The lowest BCUT2D eigenvalue weighted by Gasteiger charge is -2.27. The standard InChI is InChI=1S/C23H26N2O6S/c1-3-30-20-12-18(25-19-14-32(28,29)13-16(19)10-22(25)26)21(31-4-2)11-17(20)24-23(27)15-8-6-5-7-9-15/h5-9,11-12,16,19H,3-4,10,13-14H2,1-2H3,(H,24,27)/t16-,19+/m1/s1. The van der Waals surface area contributed by atoms with Crippen LogP contribution in [-0.2, 0) is 14.6 Å². The number of nitrogens with zero attached hydrogens (tertiary/aromatic N) is 1. The fraction of sp³-hybridized carbons (Fsp3) is 0.391. The SMILES string of the molecule is CCOc1cc(N2C(=O)C[C@@H]3CS(=O)(=O)C[C@@H]32)c(OCC)cc1NC(=O)c1ccccc1. The summed E-state index contributed by atoms with van der Waals surface area (Å²) in [6.45, 7) is 4.31. The first-order chi connectivity index (χ1) is 15.3. The van der Waals surface area contributed by atoms with Gasteiger partial charge in [0.05, 0.1) is 42.1 Å². The highest BCUT2D eigenvalue weighted by Crippen LogP contribution is 2.45. The fourth-order valence-corrected chi connectivity index (χ4v) is 6.44. The van der Waals surface area contributed by atoms with Crippen LogP contribution in [0.4, 0.5) is 11.4 Å². The van der Waals surface area contributed by atoms with Crippen LogP contribution in [0.15, 0.2) is 42.5 Å². The number of ether oxygens (including phenoxy) is 2. The van der Waals surface area contributed by atoms with E-state index >= 15 is 0 Å². The van der Waals surface area contributed by atoms with Gasteiger partial charge in [0.1, 0.15) is 11.5 Å². The highest BCUT2D eigenvalue weighted by molar-refractivity contribution is 7.91. The smallest absolute Gasteiger partial charge is 0.255 e. The highest BCUT2D eigenvalue weighted by Gasteiger charge is 2.50. The van der Waals surface area contributed by atoms with Gasteiger partial charge in [-0.15, -0.1) is 0 Å². The first-order valence-electron chi connectivity index (χ1n) is 10.7. The van der Waals surface area contributed by atoms with Gasteiger partial charge in [-0.2, -0.15) is 0 Å². The van der Waals surface area contributed by atoms with Crippen molar-refractivity contribution in [1.29, 1.82) is 0 Å². The Morgan fingerprint density at radius 1 is 1.06 bits per heavy atom. The summed E-state index contributed by atoms with van der Waals surface area (Å²) in [5, 5.41) is 2.86. The zero-order chi connectivity index (χ0) is 22.9. The average Bonchev–Trinajstić information content (AvgIpc) is 3.20. The number of carbonyl (C=O) groups is 2. The zero-order valence-corrected chi connectivity index (χ0v) is 18.9. The second-order valence-electron chi connectivity index (χ2n) is 7.87. The molecule has 2 saturated heterocycles. The van der Waals surface area contributed by atoms with Crippen LogP contribution in [0.2, 0.25) is 0 Å². The number of fused-ring (bicyclic) bond motifs is 1. The molecular formula is C23H26N2O6S. The molecule has 2 aliphatic heterocycles. The number of benzene rings is 2. The molecule has 0 aliphatic carbocycles. The third kappa shape index (κ3) is 4.29. The fourth-order valence-electron chi connectivity index (χ4n) is 4.37. The summed E-state index contributed by atoms with van der Waals surface area (Å²) in [5.74, 6) is 0.0546. The number of nitrogens with one attached hydrogen (secondary N) is 1. The van der Waals surface area contributed by atoms with E-state index in [0.29, 0.717) is 41.7 Å². The van der Waals surface area contributed by atoms with Crippen LogP contribution in [0.1, 0.15) is 30.6 Å². The Kier molecular flexibility index (Phi) is 6.10. The predicted octanol–water partition coefficient (Wildman–Crippen LogP) is 2.89. The number of anilines is 2. The molecule has 170 valence electrons. The van der Waals surface area contributed by atoms with E-state index in [9.17, 15) is 18.0 Å². The minimum absolute atomic E-state index is 0.0212. The summed E-state index contributed by atoms with van der Waals surface area (Å²) >= 11 is 0. The van der Waals surface area contributed by atoms with Gasteiger partial charge in [-0.1, -0.05) is 18.2 Å². The third-order valence-corrected chi connectivity index (χ3v) is 7.46. The predicted molar refractivity (Wildman–Crippen MR) is 121 cm³/mol. The van der Waals surface area contributed by atoms with E-state index in [4.69, 9.17) is 9.47 Å². The molecule has 2 heterocycles. The van der Waals surface area contributed by atoms with E-state index in [1.54, 1.807) is 36.4 Å². The van der Waals surface area contributed by atoms with Crippen LogP contribution < -0.4 is 19.7 Å². The molecular weight excluding hydrogens is 432 g/mol. The van der Waals surface area contributed by atoms with E-state index in [1.807, 2.05) is 19.9 Å². The van der Waals surface area contributed by atoms with Crippen LogP contribution in [0, 0.1) is 5.92 Å². The quantitative estimate of drug-likeness (QED) is 0.685. The molecule has 0 radical (unpaired) electrons. The summed E-state index contributed by atoms with van der Waals surface area (Å²) < 4.78 is 35.9. The van der Waals surface area contributed by atoms with Crippen molar-refractivity contribution in [3.63, 3.8) is 0 Å². The monoisotopic (exact) mass is 458 g/mol. The van der Waals surface area contributed by atoms with Gasteiger partial charge < -0.3 is 19.7 Å². The maximum Gasteiger partial charge on any atom is 0.255 e. The number of amides is 2. The largest absolute Gasteiger partial charge is 0.492 e. The lowest BCUT2D eigenvalue weighted by atomic mass is 10.0. The lowest BCUT2D eigenvalue weighted by Crippen LogP contribution is -2.36. The normalized spacial score (nSPS) is 21.3. The molecule has 2 aromatic rings. The van der Waals surface area contributed by atoms with Gasteiger partial charge in [0.15, 0.2) is 9.84 Å². The average molecular weight is 459 g/mol. The molecule has 0 spiro atoms. The van der Waals surface area contributed by atoms with Crippen molar-refractivity contribution in [1.82, 2.24) is 0 Å². The van der Waals surface area contributed by atoms with Crippen LogP contribution in [0.5, 0.6) is 11.5 Å². The van der Waals surface area contributed by atoms with Gasteiger partial charge in [0, 0.05) is 30.0 Å². The van der Waals surface area contributed by atoms with Crippen molar-refractivity contribution in [2.45, 2.75) is 26.3 Å². The van der Waals surface area contributed by atoms with Gasteiger partial charge in [-0.3, -0.25) is 9.59 Å². The van der Waals surface area contributed by atoms with Crippen molar-refractivity contribution in [2.75, 3.05) is 34.9 Å². The first kappa shape index (κ1) is 22.1. The van der Waals surface area contributed by atoms with Crippen LogP contribution >= 0.6 is 0 Å². The van der Waals surface area contributed by atoms with Crippen molar-refractivity contribution < 1.29 is 27.5 Å². The van der Waals surface area contributed by atoms with Gasteiger partial charge in [0.25, 0.3) is 5.91 Å². The van der Waals surface area contributed by atoms with E-state index in [2.05, 4.69) is 5.32 Å². The molecule has 32 heavy (non-hydrogen) atoms. The van der Waals surface area contributed by atoms with E-state index in [-0.39, 0.29) is 35.7 Å². The minimum atomic E-state index is -3.19. The minimum Gasteiger partial charge on any atom is -0.492 e. The summed E-state index contributed by atoms with van der Waals surface area (Å²) in [6.07, 6.45) is 0.186. The molecule has 0 unspecified atom stereocenters. The molecule has 0 bridgehead atoms. The summed E-state index contributed by atoms with van der Waals surface area (Å²) in [5.41, 5.74) is 1.36. The Morgan fingerprint density at radius 2 is 1.75 bits per heavy atom. The molecule has 4 rings (SSSR count). The maximum absolute atomic E-state index is 12.8. The first-order valence-corrected chi connectivity index (χ1v) is 12.5. The summed E-state index contributed by atoms with van der Waals surface area (Å²) in [4.78, 5) is 27.1. The summed E-state index contributed by atoms with van der Waals surface area (Å²) in [7, 11) is -3.19. The number of rotatable bonds is 7. The maximum atomic E-state index is 12.8. The van der Waals surface area contributed by atoms with Crippen molar-refractivity contribution >= 4 is 33.0 Å². The van der Waals surface area contributed by atoms with Crippen molar-refractivity contribution in [3.05, 3.63) is 48.0 Å². The topological polar surface area (TPSA) is 102 Å². The Hall–Kier alpha value is -3.07. The Bertz CT molecular complexity index is 1130.